The molecular weight excluding hydrogens is 937 g/mol. The average Bonchev–Trinajstić information content (AvgIpc) is 3.26. The summed E-state index contributed by atoms with van der Waals surface area (Å²) in [5.41, 5.74) is 4.06. The number of hydrogen-bond acceptors (Lipinski definition) is 8. The van der Waals surface area contributed by atoms with Crippen LogP contribution in [0.1, 0.15) is 65.2 Å². The summed E-state index contributed by atoms with van der Waals surface area (Å²) in [4.78, 5) is 14.6. The second kappa shape index (κ2) is 26.5. The number of para-hydroxylation sites is 3. The van der Waals surface area contributed by atoms with Crippen molar-refractivity contribution >= 4 is 49.8 Å². The van der Waals surface area contributed by atoms with Gasteiger partial charge in [0.05, 0.1) is 51.6 Å². The summed E-state index contributed by atoms with van der Waals surface area (Å²) < 4.78 is 28.5. The van der Waals surface area contributed by atoms with Crippen molar-refractivity contribution < 1.29 is 73.2 Å². The Morgan fingerprint density at radius 3 is 1.26 bits per heavy atom. The smallest absolute Gasteiger partial charge is 1.00 e. The first-order valence-electron chi connectivity index (χ1n) is 23.0. The molecule has 3 heterocycles. The predicted molar refractivity (Wildman–Crippen MR) is 261 cm³/mol. The monoisotopic (exact) mass is 1010 g/mol. The van der Waals surface area contributed by atoms with Crippen LogP contribution in [0.3, 0.4) is 0 Å². The number of quaternary nitrogens is 1. The quantitative estimate of drug-likeness (QED) is 0.112. The summed E-state index contributed by atoms with van der Waals surface area (Å²) in [5.74, 6) is 1.93. The Balaban J connectivity index is 0.000000198. The molecule has 6 aliphatic rings. The van der Waals surface area contributed by atoms with Crippen LogP contribution in [0, 0.1) is 11.8 Å². The zero-order valence-corrected chi connectivity index (χ0v) is 44.9. The van der Waals surface area contributed by atoms with Crippen LogP contribution in [0.15, 0.2) is 91.0 Å². The molecule has 0 amide bonds. The first kappa shape index (κ1) is 53.8. The summed E-state index contributed by atoms with van der Waals surface area (Å²) in [7, 11) is -0.807. The molecule has 3 saturated carbocycles. The molecule has 9 rings (SSSR count). The van der Waals surface area contributed by atoms with Crippen molar-refractivity contribution in [3.05, 3.63) is 91.0 Å². The van der Waals surface area contributed by atoms with Crippen LogP contribution in [0.2, 0.25) is 0 Å². The number of anilines is 3. The maximum absolute atomic E-state index is 11.1. The van der Waals surface area contributed by atoms with Crippen molar-refractivity contribution in [2.75, 3.05) is 111 Å². The molecule has 0 N–H and O–H groups in total. The molecule has 0 bridgehead atoms. The number of likely N-dealkylation sites (N-methyl/N-ethyl adjacent to an activating group) is 1. The Morgan fingerprint density at radius 1 is 0.548 bits per heavy atom. The van der Waals surface area contributed by atoms with E-state index in [-0.39, 0.29) is 62.2 Å². The SMILES string of the molecule is CC1CC(N2CCN(c3ccccc3)CC2)C1.CC1CCC([N+]2(C)CCN(c3ccccc3)CC2)CC1.CI.CS(=O)(=O)OC1CC(N2CCN(c3ccccc3)CC2)C1.[18F-].[K+]. The maximum atomic E-state index is 11.1. The fourth-order valence-electron chi connectivity index (χ4n) is 10.3. The van der Waals surface area contributed by atoms with Gasteiger partial charge in [0.2, 0.25) is 0 Å². The van der Waals surface area contributed by atoms with Crippen molar-refractivity contribution in [3.63, 3.8) is 0 Å². The summed E-state index contributed by atoms with van der Waals surface area (Å²) in [6, 6.07) is 34.5. The molecule has 9 nitrogen and oxygen atoms in total. The second-order valence-corrected chi connectivity index (χ2v) is 20.3. The van der Waals surface area contributed by atoms with Gasteiger partial charge in [0.25, 0.3) is 10.1 Å². The average molecular weight is 1010 g/mol. The van der Waals surface area contributed by atoms with E-state index in [0.29, 0.717) is 6.04 Å². The molecule has 0 aromatic heterocycles. The van der Waals surface area contributed by atoms with Gasteiger partial charge in [-0.3, -0.25) is 14.0 Å². The predicted octanol–water partition coefficient (Wildman–Crippen LogP) is 2.51. The first-order valence-corrected chi connectivity index (χ1v) is 27.0. The van der Waals surface area contributed by atoms with Gasteiger partial charge < -0.3 is 23.9 Å². The van der Waals surface area contributed by atoms with E-state index in [0.717, 1.165) is 69.2 Å². The van der Waals surface area contributed by atoms with Gasteiger partial charge in [0, 0.05) is 81.5 Å². The molecule has 3 aliphatic carbocycles. The molecule has 0 radical (unpaired) electrons. The Hall–Kier alpha value is -0.854. The topological polar surface area (TPSA) is 59.6 Å². The molecule has 340 valence electrons. The van der Waals surface area contributed by atoms with Crippen LogP contribution in [0.4, 0.5) is 17.1 Å². The number of alkyl halides is 1. The standard InChI is InChI=1S/C18H29N2.C15H22N2O3S.C15H22N2.CH3I.FH.K/c1-16-8-10-18(11-9-16)20(2)14-12-19(13-15-20)17-6-4-3-5-7-17;1-21(18,19)20-15-11-14(12-15)17-9-7-16(8-10-17)13-5-3-2-4-6-13;1-13-11-15(12-13)17-9-7-16(8-10-17)14-5-3-2-4-6-14;1-2;;/h3-7,16,18H,8-15H2,1-2H3;2-6,14-15H,7-12H2,1H3;2-6,13,15H,7-12H2,1H3;1H3;1H;/q+1;;;;;+1/p-1/i;;;;1-1;. The van der Waals surface area contributed by atoms with E-state index in [9.17, 15) is 8.42 Å². The number of halogens is 2. The summed E-state index contributed by atoms with van der Waals surface area (Å²) in [5, 5.41) is 0. The van der Waals surface area contributed by atoms with Crippen LogP contribution in [-0.4, -0.2) is 144 Å². The van der Waals surface area contributed by atoms with Crippen LogP contribution in [0.25, 0.3) is 0 Å². The van der Waals surface area contributed by atoms with E-state index in [1.807, 2.05) is 11.0 Å². The second-order valence-electron chi connectivity index (χ2n) is 18.7. The molecule has 0 unspecified atom stereocenters. The van der Waals surface area contributed by atoms with Crippen LogP contribution < -0.4 is 70.8 Å². The van der Waals surface area contributed by atoms with Gasteiger partial charge in [-0.25, -0.2) is 0 Å². The largest absolute Gasteiger partial charge is 1.00 e. The molecular formula is C49H76FIKN6O3S+. The third kappa shape index (κ3) is 15.9. The van der Waals surface area contributed by atoms with Gasteiger partial charge in [-0.15, -0.1) is 0 Å². The first-order chi connectivity index (χ1) is 29.0. The zero-order valence-electron chi connectivity index (χ0n) is 38.8. The summed E-state index contributed by atoms with van der Waals surface area (Å²) >= 11 is 2.15. The van der Waals surface area contributed by atoms with Gasteiger partial charge in [-0.1, -0.05) is 91.0 Å². The van der Waals surface area contributed by atoms with E-state index in [4.69, 9.17) is 4.18 Å². The molecule has 62 heavy (non-hydrogen) atoms. The Kier molecular flexibility index (Phi) is 23.0. The fourth-order valence-corrected chi connectivity index (χ4v) is 11.0. The number of hydrogen-bond donors (Lipinski definition) is 0. The number of piperazine rings is 3. The summed E-state index contributed by atoms with van der Waals surface area (Å²) in [6.45, 7) is 18.8. The zero-order chi connectivity index (χ0) is 42.5. The van der Waals surface area contributed by atoms with Crippen LogP contribution in [0.5, 0.6) is 0 Å². The van der Waals surface area contributed by atoms with Gasteiger partial charge in [-0.2, -0.15) is 8.42 Å². The van der Waals surface area contributed by atoms with Crippen molar-refractivity contribution in [2.45, 2.75) is 89.4 Å². The van der Waals surface area contributed by atoms with Crippen molar-refractivity contribution in [3.8, 4) is 0 Å². The number of rotatable bonds is 8. The Bertz CT molecular complexity index is 1760. The molecule has 0 atom stereocenters. The van der Waals surface area contributed by atoms with E-state index >= 15 is 0 Å². The van der Waals surface area contributed by atoms with Gasteiger partial charge >= 0.3 is 51.4 Å². The van der Waals surface area contributed by atoms with Crippen molar-refractivity contribution in [2.24, 2.45) is 11.8 Å². The summed E-state index contributed by atoms with van der Waals surface area (Å²) in [6.07, 6.45) is 11.3. The van der Waals surface area contributed by atoms with Gasteiger partial charge in [-0.05, 0) is 105 Å². The fraction of sp³-hybridized carbons (Fsp3) is 0.633. The molecule has 0 spiro atoms. The van der Waals surface area contributed by atoms with Crippen LogP contribution in [-0.2, 0) is 14.3 Å². The minimum absolute atomic E-state index is 0. The minimum Gasteiger partial charge on any atom is -1.00 e. The normalized spacial score (nSPS) is 27.4. The molecule has 3 aliphatic heterocycles. The van der Waals surface area contributed by atoms with E-state index in [2.05, 4.69) is 153 Å². The van der Waals surface area contributed by atoms with Crippen molar-refractivity contribution in [1.29, 1.82) is 0 Å². The van der Waals surface area contributed by atoms with Gasteiger partial charge in [0.1, 0.15) is 0 Å². The molecule has 6 fully saturated rings. The number of benzene rings is 3. The Labute approximate surface area is 431 Å². The maximum Gasteiger partial charge on any atom is 1.00 e. The molecule has 13 heteroatoms. The molecule has 3 aromatic rings. The van der Waals surface area contributed by atoms with E-state index in [1.165, 1.54) is 112 Å². The van der Waals surface area contributed by atoms with E-state index < -0.39 is 10.1 Å². The third-order valence-corrected chi connectivity index (χ3v) is 15.0. The van der Waals surface area contributed by atoms with Gasteiger partial charge in [0.15, 0.2) is 0 Å². The van der Waals surface area contributed by atoms with Crippen molar-refractivity contribution in [1.82, 2.24) is 9.80 Å². The third-order valence-electron chi connectivity index (χ3n) is 14.4. The van der Waals surface area contributed by atoms with Crippen LogP contribution >= 0.6 is 22.6 Å². The number of nitrogens with zero attached hydrogens (tertiary/aromatic N) is 6. The Morgan fingerprint density at radius 2 is 0.903 bits per heavy atom. The molecule has 3 aromatic carbocycles. The molecule has 3 saturated heterocycles. The van der Waals surface area contributed by atoms with E-state index in [1.54, 1.807) is 0 Å². The minimum atomic E-state index is -3.31.